The molecule has 0 radical (unpaired) electrons. The molecule has 2 rings (SSSR count). The van der Waals surface area contributed by atoms with Crippen molar-refractivity contribution in [2.75, 3.05) is 19.7 Å². The molecule has 2 atom stereocenters. The summed E-state index contributed by atoms with van der Waals surface area (Å²) in [5.74, 6) is 1.44. The number of hydrogen-bond donors (Lipinski definition) is 3. The molecule has 0 spiro atoms. The Hall–Kier alpha value is -1.80. The summed E-state index contributed by atoms with van der Waals surface area (Å²) in [7, 11) is 0. The Morgan fingerprint density at radius 2 is 1.89 bits per heavy atom. The highest BCUT2D eigenvalue weighted by molar-refractivity contribution is 14.0. The Balaban J connectivity index is 0.00000364. The Morgan fingerprint density at radius 1 is 1.15 bits per heavy atom. The molecule has 0 aliphatic rings. The Labute approximate surface area is 179 Å². The van der Waals surface area contributed by atoms with Crippen LogP contribution in [0.1, 0.15) is 31.0 Å². The number of nitrogens with zero attached hydrogens (tertiary/aromatic N) is 1. The highest BCUT2D eigenvalue weighted by Crippen LogP contribution is 2.13. The van der Waals surface area contributed by atoms with Gasteiger partial charge < -0.3 is 20.5 Å². The first-order valence-corrected chi connectivity index (χ1v) is 9.05. The number of aliphatic hydroxyl groups is 1. The average Bonchev–Trinajstić information content (AvgIpc) is 2.65. The van der Waals surface area contributed by atoms with E-state index in [1.807, 2.05) is 56.3 Å². The standard InChI is InChI=1S/C21H29N3O2.HI/c1-4-22-21(24-17(3)18-10-6-5-7-11-18)23-14-19(25)15-26-20-12-8-9-16(2)13-20;/h5-13,17,19,25H,4,14-15H2,1-3H3,(H2,22,23,24);1H. The van der Waals surface area contributed by atoms with E-state index < -0.39 is 6.10 Å². The minimum Gasteiger partial charge on any atom is -0.491 e. The molecule has 27 heavy (non-hydrogen) atoms. The lowest BCUT2D eigenvalue weighted by molar-refractivity contribution is 0.114. The van der Waals surface area contributed by atoms with E-state index in [9.17, 15) is 5.11 Å². The summed E-state index contributed by atoms with van der Waals surface area (Å²) in [6.07, 6.45) is -0.669. The van der Waals surface area contributed by atoms with Crippen molar-refractivity contribution in [3.63, 3.8) is 0 Å². The number of nitrogens with one attached hydrogen (secondary N) is 2. The molecule has 0 aromatic heterocycles. The molecule has 3 N–H and O–H groups in total. The van der Waals surface area contributed by atoms with Gasteiger partial charge >= 0.3 is 0 Å². The molecule has 2 aromatic rings. The van der Waals surface area contributed by atoms with Gasteiger partial charge in [0.2, 0.25) is 0 Å². The van der Waals surface area contributed by atoms with Crippen molar-refractivity contribution >= 4 is 29.9 Å². The second kappa shape index (κ2) is 12.6. The lowest BCUT2D eigenvalue weighted by Crippen LogP contribution is -2.39. The van der Waals surface area contributed by atoms with E-state index in [0.29, 0.717) is 5.96 Å². The predicted octanol–water partition coefficient (Wildman–Crippen LogP) is 3.67. The van der Waals surface area contributed by atoms with Gasteiger partial charge in [-0.3, -0.25) is 4.99 Å². The molecule has 0 amide bonds. The molecule has 0 aliphatic heterocycles. The molecule has 2 aromatic carbocycles. The van der Waals surface area contributed by atoms with Gasteiger partial charge in [0.05, 0.1) is 12.6 Å². The number of aliphatic imine (C=N–C) groups is 1. The second-order valence-corrected chi connectivity index (χ2v) is 6.28. The van der Waals surface area contributed by atoms with Gasteiger partial charge in [-0.05, 0) is 44.0 Å². The van der Waals surface area contributed by atoms with E-state index in [-0.39, 0.29) is 43.2 Å². The van der Waals surface area contributed by atoms with Crippen LogP contribution in [0.15, 0.2) is 59.6 Å². The summed E-state index contributed by atoms with van der Waals surface area (Å²) < 4.78 is 5.63. The van der Waals surface area contributed by atoms with Crippen molar-refractivity contribution in [1.29, 1.82) is 0 Å². The second-order valence-electron chi connectivity index (χ2n) is 6.28. The summed E-state index contributed by atoms with van der Waals surface area (Å²) in [5.41, 5.74) is 2.31. The SMILES string of the molecule is CCNC(=NCC(O)COc1cccc(C)c1)NC(C)c1ccccc1.I. The molecule has 0 bridgehead atoms. The lowest BCUT2D eigenvalue weighted by Gasteiger charge is -2.19. The minimum absolute atomic E-state index is 0. The van der Waals surface area contributed by atoms with Gasteiger partial charge in [-0.15, -0.1) is 24.0 Å². The number of guanidine groups is 1. The third-order valence-electron chi connectivity index (χ3n) is 3.89. The van der Waals surface area contributed by atoms with Crippen LogP contribution < -0.4 is 15.4 Å². The fourth-order valence-corrected chi connectivity index (χ4v) is 2.50. The molecule has 5 nitrogen and oxygen atoms in total. The number of halogens is 1. The van der Waals surface area contributed by atoms with Crippen LogP contribution in [0.2, 0.25) is 0 Å². The zero-order chi connectivity index (χ0) is 18.8. The molecule has 0 fully saturated rings. The lowest BCUT2D eigenvalue weighted by atomic mass is 10.1. The smallest absolute Gasteiger partial charge is 0.191 e. The number of aliphatic hydroxyl groups excluding tert-OH is 1. The molecule has 0 saturated carbocycles. The number of ether oxygens (including phenoxy) is 1. The van der Waals surface area contributed by atoms with Crippen LogP contribution in [-0.2, 0) is 0 Å². The summed E-state index contributed by atoms with van der Waals surface area (Å²) >= 11 is 0. The van der Waals surface area contributed by atoms with E-state index >= 15 is 0 Å². The maximum absolute atomic E-state index is 10.2. The van der Waals surface area contributed by atoms with E-state index in [2.05, 4.69) is 34.7 Å². The molecule has 6 heteroatoms. The van der Waals surface area contributed by atoms with Gasteiger partial charge in [-0.1, -0.05) is 42.5 Å². The average molecular weight is 483 g/mol. The molecule has 148 valence electrons. The molecule has 0 aliphatic carbocycles. The quantitative estimate of drug-likeness (QED) is 0.305. The maximum atomic E-state index is 10.2. The Kier molecular flexibility index (Phi) is 10.8. The van der Waals surface area contributed by atoms with Crippen LogP contribution >= 0.6 is 24.0 Å². The number of benzene rings is 2. The van der Waals surface area contributed by atoms with Crippen molar-refractivity contribution in [2.45, 2.75) is 32.9 Å². The summed E-state index contributed by atoms with van der Waals surface area (Å²) in [6.45, 7) is 7.34. The van der Waals surface area contributed by atoms with Crippen LogP contribution in [0.25, 0.3) is 0 Å². The zero-order valence-electron chi connectivity index (χ0n) is 16.2. The molecule has 2 unspecified atom stereocenters. The summed E-state index contributed by atoms with van der Waals surface area (Å²) in [5, 5.41) is 16.7. The fourth-order valence-electron chi connectivity index (χ4n) is 2.50. The van der Waals surface area contributed by atoms with E-state index in [0.717, 1.165) is 17.9 Å². The highest BCUT2D eigenvalue weighted by atomic mass is 127. The molecule has 0 heterocycles. The first kappa shape index (κ1) is 23.2. The minimum atomic E-state index is -0.669. The third kappa shape index (κ3) is 8.62. The van der Waals surface area contributed by atoms with Gasteiger partial charge in [0.15, 0.2) is 5.96 Å². The Morgan fingerprint density at radius 3 is 2.56 bits per heavy atom. The normalized spacial score (nSPS) is 13.3. The molecular formula is C21H30IN3O2. The third-order valence-corrected chi connectivity index (χ3v) is 3.89. The zero-order valence-corrected chi connectivity index (χ0v) is 18.5. The topological polar surface area (TPSA) is 65.9 Å². The van der Waals surface area contributed by atoms with Crippen molar-refractivity contribution in [3.05, 3.63) is 65.7 Å². The van der Waals surface area contributed by atoms with Gasteiger partial charge in [0.1, 0.15) is 18.5 Å². The number of rotatable bonds is 8. The van der Waals surface area contributed by atoms with Gasteiger partial charge in [0.25, 0.3) is 0 Å². The highest BCUT2D eigenvalue weighted by Gasteiger charge is 2.09. The largest absolute Gasteiger partial charge is 0.491 e. The van der Waals surface area contributed by atoms with Gasteiger partial charge in [-0.2, -0.15) is 0 Å². The van der Waals surface area contributed by atoms with E-state index in [1.54, 1.807) is 0 Å². The number of aryl methyl sites for hydroxylation is 1. The van der Waals surface area contributed by atoms with Crippen molar-refractivity contribution in [1.82, 2.24) is 10.6 Å². The summed E-state index contributed by atoms with van der Waals surface area (Å²) in [6, 6.07) is 18.1. The van der Waals surface area contributed by atoms with Crippen LogP contribution in [0, 0.1) is 6.92 Å². The number of hydrogen-bond acceptors (Lipinski definition) is 3. The molecular weight excluding hydrogens is 453 g/mol. The van der Waals surface area contributed by atoms with Crippen LogP contribution in [0.4, 0.5) is 0 Å². The van der Waals surface area contributed by atoms with Crippen LogP contribution in [0.3, 0.4) is 0 Å². The monoisotopic (exact) mass is 483 g/mol. The van der Waals surface area contributed by atoms with Crippen molar-refractivity contribution in [3.8, 4) is 5.75 Å². The molecule has 0 saturated heterocycles. The van der Waals surface area contributed by atoms with E-state index in [4.69, 9.17) is 4.74 Å². The first-order chi connectivity index (χ1) is 12.6. The summed E-state index contributed by atoms with van der Waals surface area (Å²) in [4.78, 5) is 4.47. The van der Waals surface area contributed by atoms with Gasteiger partial charge in [0, 0.05) is 6.54 Å². The first-order valence-electron chi connectivity index (χ1n) is 9.05. The maximum Gasteiger partial charge on any atom is 0.191 e. The fraction of sp³-hybridized carbons (Fsp3) is 0.381. The predicted molar refractivity (Wildman–Crippen MR) is 122 cm³/mol. The van der Waals surface area contributed by atoms with Crippen LogP contribution in [0.5, 0.6) is 5.75 Å². The van der Waals surface area contributed by atoms with Gasteiger partial charge in [-0.25, -0.2) is 0 Å². The van der Waals surface area contributed by atoms with Crippen LogP contribution in [-0.4, -0.2) is 36.9 Å². The van der Waals surface area contributed by atoms with Crippen molar-refractivity contribution < 1.29 is 9.84 Å². The Bertz CT molecular complexity index is 695. The van der Waals surface area contributed by atoms with E-state index in [1.165, 1.54) is 5.56 Å². The van der Waals surface area contributed by atoms with Crippen molar-refractivity contribution in [2.24, 2.45) is 4.99 Å².